The minimum Gasteiger partial charge on any atom is -0.493 e. The first-order chi connectivity index (χ1) is 9.63. The Hall–Kier alpha value is -1.75. The maximum absolute atomic E-state index is 11.8. The number of carbonyl (C=O) groups excluding carboxylic acids is 1. The van der Waals surface area contributed by atoms with Gasteiger partial charge in [0.05, 0.1) is 13.0 Å². The molecule has 3 N–H and O–H groups in total. The fourth-order valence-corrected chi connectivity index (χ4v) is 2.45. The third kappa shape index (κ3) is 4.74. The molecular weight excluding hydrogens is 254 g/mol. The van der Waals surface area contributed by atoms with Gasteiger partial charge in [0.1, 0.15) is 5.75 Å². The smallest absolute Gasteiger partial charge is 0.223 e. The van der Waals surface area contributed by atoms with E-state index in [0.717, 1.165) is 25.9 Å². The standard InChI is InChI=1S/C15H23N3O2/c1-18-8-3-5-13(11-18)17-15(19)7-9-20-14-6-2-4-12(16)10-14/h2,4,6,10,13H,3,5,7-9,11,16H2,1H3,(H,17,19). The first-order valence-corrected chi connectivity index (χ1v) is 7.10. The van der Waals surface area contributed by atoms with Crippen LogP contribution in [0.2, 0.25) is 0 Å². The number of nitrogens with zero attached hydrogens (tertiary/aromatic N) is 1. The Balaban J connectivity index is 1.67. The molecule has 1 heterocycles. The Kier molecular flexibility index (Phi) is 5.24. The van der Waals surface area contributed by atoms with Gasteiger partial charge in [-0.3, -0.25) is 4.79 Å². The van der Waals surface area contributed by atoms with Gasteiger partial charge in [-0.15, -0.1) is 0 Å². The molecule has 0 bridgehead atoms. The van der Waals surface area contributed by atoms with E-state index in [9.17, 15) is 4.79 Å². The van der Waals surface area contributed by atoms with Crippen molar-refractivity contribution in [1.82, 2.24) is 10.2 Å². The summed E-state index contributed by atoms with van der Waals surface area (Å²) in [6.45, 7) is 2.42. The van der Waals surface area contributed by atoms with Gasteiger partial charge in [0.25, 0.3) is 0 Å². The van der Waals surface area contributed by atoms with Gasteiger partial charge in [0, 0.05) is 24.3 Å². The normalized spacial score (nSPS) is 19.6. The van der Waals surface area contributed by atoms with Crippen LogP contribution in [0.1, 0.15) is 19.3 Å². The predicted molar refractivity (Wildman–Crippen MR) is 79.6 cm³/mol. The molecule has 1 unspecified atom stereocenters. The summed E-state index contributed by atoms with van der Waals surface area (Å²) in [6.07, 6.45) is 2.57. The van der Waals surface area contributed by atoms with Crippen molar-refractivity contribution in [3.8, 4) is 5.75 Å². The van der Waals surface area contributed by atoms with Crippen LogP contribution in [0, 0.1) is 0 Å². The lowest BCUT2D eigenvalue weighted by Crippen LogP contribution is -2.46. The summed E-state index contributed by atoms with van der Waals surface area (Å²) >= 11 is 0. The van der Waals surface area contributed by atoms with E-state index >= 15 is 0 Å². The van der Waals surface area contributed by atoms with Gasteiger partial charge >= 0.3 is 0 Å². The Labute approximate surface area is 120 Å². The average Bonchev–Trinajstić information content (AvgIpc) is 2.38. The molecule has 1 amide bonds. The second-order valence-electron chi connectivity index (χ2n) is 5.34. The molecule has 1 aliphatic rings. The highest BCUT2D eigenvalue weighted by atomic mass is 16.5. The number of hydrogen-bond donors (Lipinski definition) is 2. The number of likely N-dealkylation sites (tertiary alicyclic amines) is 1. The summed E-state index contributed by atoms with van der Waals surface area (Å²) in [7, 11) is 2.08. The fraction of sp³-hybridized carbons (Fsp3) is 0.533. The Morgan fingerprint density at radius 1 is 1.55 bits per heavy atom. The van der Waals surface area contributed by atoms with Crippen molar-refractivity contribution < 1.29 is 9.53 Å². The molecule has 20 heavy (non-hydrogen) atoms. The molecule has 0 spiro atoms. The molecule has 5 nitrogen and oxygen atoms in total. The summed E-state index contributed by atoms with van der Waals surface area (Å²) in [6, 6.07) is 7.51. The second-order valence-corrected chi connectivity index (χ2v) is 5.34. The average molecular weight is 277 g/mol. The number of benzene rings is 1. The second kappa shape index (κ2) is 7.14. The van der Waals surface area contributed by atoms with Crippen molar-refractivity contribution in [2.45, 2.75) is 25.3 Å². The number of ether oxygens (including phenoxy) is 1. The summed E-state index contributed by atoms with van der Waals surface area (Å²) in [5, 5.41) is 3.06. The van der Waals surface area contributed by atoms with Crippen molar-refractivity contribution >= 4 is 11.6 Å². The van der Waals surface area contributed by atoms with Crippen molar-refractivity contribution in [2.75, 3.05) is 32.5 Å². The number of rotatable bonds is 5. The number of amides is 1. The Morgan fingerprint density at radius 2 is 2.40 bits per heavy atom. The van der Waals surface area contributed by atoms with E-state index in [1.807, 2.05) is 12.1 Å². The van der Waals surface area contributed by atoms with Gasteiger partial charge in [-0.25, -0.2) is 0 Å². The fourth-order valence-electron chi connectivity index (χ4n) is 2.45. The van der Waals surface area contributed by atoms with E-state index in [0.29, 0.717) is 24.5 Å². The van der Waals surface area contributed by atoms with Gasteiger partial charge < -0.3 is 20.7 Å². The zero-order chi connectivity index (χ0) is 14.4. The lowest BCUT2D eigenvalue weighted by Gasteiger charge is -2.30. The lowest BCUT2D eigenvalue weighted by atomic mass is 10.1. The predicted octanol–water partition coefficient (Wildman–Crippen LogP) is 1.25. The lowest BCUT2D eigenvalue weighted by molar-refractivity contribution is -0.122. The summed E-state index contributed by atoms with van der Waals surface area (Å²) < 4.78 is 5.52. The number of carbonyl (C=O) groups is 1. The number of nitrogens with one attached hydrogen (secondary N) is 1. The first-order valence-electron chi connectivity index (χ1n) is 7.10. The molecule has 1 atom stereocenters. The van der Waals surface area contributed by atoms with Crippen LogP contribution in [-0.2, 0) is 4.79 Å². The number of piperidine rings is 1. The SMILES string of the molecule is CN1CCCC(NC(=O)CCOc2cccc(N)c2)C1. The first kappa shape index (κ1) is 14.7. The zero-order valence-electron chi connectivity index (χ0n) is 12.0. The summed E-state index contributed by atoms with van der Waals surface area (Å²) in [5.74, 6) is 0.754. The molecule has 2 rings (SSSR count). The number of nitrogen functional groups attached to an aromatic ring is 1. The number of nitrogens with two attached hydrogens (primary N) is 1. The zero-order valence-corrected chi connectivity index (χ0v) is 12.0. The quantitative estimate of drug-likeness (QED) is 0.795. The van der Waals surface area contributed by atoms with Crippen LogP contribution in [0.25, 0.3) is 0 Å². The van der Waals surface area contributed by atoms with E-state index in [1.54, 1.807) is 12.1 Å². The molecule has 0 aliphatic carbocycles. The molecule has 110 valence electrons. The van der Waals surface area contributed by atoms with Gasteiger partial charge in [0.15, 0.2) is 0 Å². The van der Waals surface area contributed by atoms with Crippen molar-refractivity contribution in [3.63, 3.8) is 0 Å². The van der Waals surface area contributed by atoms with Crippen LogP contribution in [0.5, 0.6) is 5.75 Å². The van der Waals surface area contributed by atoms with Gasteiger partial charge in [-0.05, 0) is 38.6 Å². The molecule has 0 saturated carbocycles. The Morgan fingerprint density at radius 3 is 3.15 bits per heavy atom. The molecule has 0 radical (unpaired) electrons. The van der Waals surface area contributed by atoms with Gasteiger partial charge in [0.2, 0.25) is 5.91 Å². The number of hydrogen-bond acceptors (Lipinski definition) is 4. The molecule has 5 heteroatoms. The monoisotopic (exact) mass is 277 g/mol. The van der Waals surface area contributed by atoms with Crippen LogP contribution < -0.4 is 15.8 Å². The highest BCUT2D eigenvalue weighted by Gasteiger charge is 2.18. The molecule has 1 aromatic carbocycles. The van der Waals surface area contributed by atoms with E-state index < -0.39 is 0 Å². The highest BCUT2D eigenvalue weighted by molar-refractivity contribution is 5.76. The molecule has 0 aromatic heterocycles. The minimum absolute atomic E-state index is 0.0502. The van der Waals surface area contributed by atoms with Crippen LogP contribution in [0.15, 0.2) is 24.3 Å². The largest absolute Gasteiger partial charge is 0.493 e. The topological polar surface area (TPSA) is 67.6 Å². The van der Waals surface area contributed by atoms with Crippen molar-refractivity contribution in [1.29, 1.82) is 0 Å². The molecule has 1 fully saturated rings. The third-order valence-electron chi connectivity index (χ3n) is 3.45. The highest BCUT2D eigenvalue weighted by Crippen LogP contribution is 2.14. The third-order valence-corrected chi connectivity index (χ3v) is 3.45. The molecule has 1 saturated heterocycles. The summed E-state index contributed by atoms with van der Waals surface area (Å²) in [4.78, 5) is 14.1. The number of likely N-dealkylation sites (N-methyl/N-ethyl adjacent to an activating group) is 1. The van der Waals surface area contributed by atoms with E-state index in [1.165, 1.54) is 0 Å². The maximum atomic E-state index is 11.8. The van der Waals surface area contributed by atoms with Crippen LogP contribution >= 0.6 is 0 Å². The van der Waals surface area contributed by atoms with Gasteiger partial charge in [-0.2, -0.15) is 0 Å². The van der Waals surface area contributed by atoms with Crippen LogP contribution in [0.4, 0.5) is 5.69 Å². The van der Waals surface area contributed by atoms with Gasteiger partial charge in [-0.1, -0.05) is 6.07 Å². The number of anilines is 1. The van der Waals surface area contributed by atoms with Crippen LogP contribution in [0.3, 0.4) is 0 Å². The Bertz CT molecular complexity index is 450. The minimum atomic E-state index is 0.0502. The molecule has 1 aromatic rings. The van der Waals surface area contributed by atoms with E-state index in [2.05, 4.69) is 17.3 Å². The molecular formula is C15H23N3O2. The van der Waals surface area contributed by atoms with Crippen LogP contribution in [-0.4, -0.2) is 43.6 Å². The van der Waals surface area contributed by atoms with E-state index in [-0.39, 0.29) is 11.9 Å². The maximum Gasteiger partial charge on any atom is 0.223 e. The van der Waals surface area contributed by atoms with E-state index in [4.69, 9.17) is 10.5 Å². The van der Waals surface area contributed by atoms with Crippen molar-refractivity contribution in [2.24, 2.45) is 0 Å². The summed E-state index contributed by atoms with van der Waals surface area (Å²) in [5.41, 5.74) is 6.33. The molecule has 1 aliphatic heterocycles. The van der Waals surface area contributed by atoms with Crippen molar-refractivity contribution in [3.05, 3.63) is 24.3 Å².